The van der Waals surface area contributed by atoms with Crippen LogP contribution < -0.4 is 0 Å². The van der Waals surface area contributed by atoms with E-state index in [4.69, 9.17) is 18.2 Å². The van der Waals surface area contributed by atoms with E-state index >= 15 is 0 Å². The minimum atomic E-state index is -4.13. The average molecular weight is 445 g/mol. The number of phosphoric acid groups is 1. The van der Waals surface area contributed by atoms with Crippen LogP contribution in [-0.2, 0) is 27.6 Å². The summed E-state index contributed by atoms with van der Waals surface area (Å²) >= 11 is 1.70. The predicted octanol–water partition coefficient (Wildman–Crippen LogP) is 2.20. The Kier molecular flexibility index (Phi) is 13.4. The lowest BCUT2D eigenvalue weighted by Crippen LogP contribution is -2.37. The normalized spacial score (nSPS) is 14.8. The van der Waals surface area contributed by atoms with E-state index in [1.807, 2.05) is 35.0 Å². The maximum atomic E-state index is 12.2. The highest BCUT2D eigenvalue weighted by Crippen LogP contribution is 2.42. The van der Waals surface area contributed by atoms with Gasteiger partial charge in [0, 0.05) is 12.9 Å². The molecule has 1 atom stereocenters. The number of rotatable bonds is 16. The number of nitrogens with zero attached hydrogens (tertiary/aromatic N) is 1. The number of thioether (sulfide) groups is 1. The summed E-state index contributed by atoms with van der Waals surface area (Å²) in [6.07, 6.45) is 1.05. The first-order valence-corrected chi connectivity index (χ1v) is 12.6. The van der Waals surface area contributed by atoms with Crippen molar-refractivity contribution in [2.75, 3.05) is 66.1 Å². The molecule has 0 heterocycles. The zero-order valence-corrected chi connectivity index (χ0v) is 20.1. The highest BCUT2D eigenvalue weighted by atomic mass is 32.2. The standard InChI is InChI=1S/C16H34NO7PSSi/c1-16(2,14-26-12-7-13-27-21-6)15(18)22-10-11-24-25(19,20)23-9-8-17(3,4)5/h7-14H2,1-6H3/p+1. The maximum Gasteiger partial charge on any atom is 0.472 e. The van der Waals surface area contributed by atoms with E-state index in [0.29, 0.717) is 26.5 Å². The van der Waals surface area contributed by atoms with Crippen molar-refractivity contribution < 1.29 is 36.9 Å². The largest absolute Gasteiger partial charge is 0.472 e. The molecule has 27 heavy (non-hydrogen) atoms. The quantitative estimate of drug-likeness (QED) is 0.127. The third-order valence-electron chi connectivity index (χ3n) is 3.31. The molecule has 1 unspecified atom stereocenters. The van der Waals surface area contributed by atoms with E-state index < -0.39 is 13.2 Å². The summed E-state index contributed by atoms with van der Waals surface area (Å²) in [5, 5.41) is 0. The Balaban J connectivity index is 3.97. The molecule has 0 saturated carbocycles. The maximum absolute atomic E-state index is 12.2. The molecule has 0 saturated heterocycles. The number of phosphoric ester groups is 1. The van der Waals surface area contributed by atoms with Crippen molar-refractivity contribution in [3.63, 3.8) is 0 Å². The van der Waals surface area contributed by atoms with Crippen LogP contribution in [0.4, 0.5) is 0 Å². The molecular weight excluding hydrogens is 409 g/mol. The molecule has 0 spiro atoms. The minimum Gasteiger partial charge on any atom is -0.463 e. The van der Waals surface area contributed by atoms with Gasteiger partial charge >= 0.3 is 13.8 Å². The molecule has 0 rings (SSSR count). The Morgan fingerprint density at radius 2 is 1.81 bits per heavy atom. The lowest BCUT2D eigenvalue weighted by molar-refractivity contribution is -0.870. The first-order chi connectivity index (χ1) is 12.4. The van der Waals surface area contributed by atoms with Gasteiger partial charge in [-0.2, -0.15) is 11.8 Å². The highest BCUT2D eigenvalue weighted by molar-refractivity contribution is 7.99. The Bertz CT molecular complexity index is 474. The van der Waals surface area contributed by atoms with Crippen LogP contribution in [0.1, 0.15) is 20.3 Å². The van der Waals surface area contributed by atoms with Gasteiger partial charge in [0.05, 0.1) is 33.2 Å². The SMILES string of the molecule is CO[Si]CCCSCC(C)(C)C(=O)OCCOP(=O)(O)OCC[N+](C)(C)C. The molecule has 0 aromatic heterocycles. The van der Waals surface area contributed by atoms with Crippen LogP contribution in [0.15, 0.2) is 0 Å². The minimum absolute atomic E-state index is 0.0921. The van der Waals surface area contributed by atoms with Gasteiger partial charge in [-0.15, -0.1) is 0 Å². The fourth-order valence-electron chi connectivity index (χ4n) is 1.68. The van der Waals surface area contributed by atoms with Crippen LogP contribution in [0.5, 0.6) is 0 Å². The summed E-state index contributed by atoms with van der Waals surface area (Å²) in [6, 6.07) is 1.03. The van der Waals surface area contributed by atoms with E-state index in [2.05, 4.69) is 0 Å². The summed E-state index contributed by atoms with van der Waals surface area (Å²) in [6.45, 7) is 4.04. The molecule has 0 amide bonds. The molecule has 1 N–H and O–H groups in total. The van der Waals surface area contributed by atoms with Crippen molar-refractivity contribution >= 4 is 35.3 Å². The van der Waals surface area contributed by atoms with Gasteiger partial charge in [-0.3, -0.25) is 13.8 Å². The lowest BCUT2D eigenvalue weighted by Gasteiger charge is -2.24. The summed E-state index contributed by atoms with van der Waals surface area (Å²) in [5.74, 6) is 1.26. The lowest BCUT2D eigenvalue weighted by atomic mass is 9.97. The number of carbonyl (C=O) groups excluding carboxylic acids is 1. The number of likely N-dealkylation sites (N-methyl/N-ethyl adjacent to an activating group) is 1. The van der Waals surface area contributed by atoms with Gasteiger partial charge in [-0.1, -0.05) is 0 Å². The molecule has 11 heteroatoms. The zero-order chi connectivity index (χ0) is 21.0. The molecule has 2 radical (unpaired) electrons. The van der Waals surface area contributed by atoms with E-state index in [-0.39, 0.29) is 25.8 Å². The molecule has 0 aliphatic heterocycles. The van der Waals surface area contributed by atoms with Gasteiger partial charge in [-0.05, 0) is 32.1 Å². The Labute approximate surface area is 170 Å². The molecule has 0 bridgehead atoms. The number of quaternary nitrogens is 1. The topological polar surface area (TPSA) is 91.3 Å². The van der Waals surface area contributed by atoms with Gasteiger partial charge in [0.15, 0.2) is 0 Å². The second-order valence-electron chi connectivity index (χ2n) is 7.67. The fraction of sp³-hybridized carbons (Fsp3) is 0.938. The smallest absolute Gasteiger partial charge is 0.463 e. The summed E-state index contributed by atoms with van der Waals surface area (Å²) < 4.78 is 32.3. The van der Waals surface area contributed by atoms with Crippen LogP contribution in [0.2, 0.25) is 6.04 Å². The second-order valence-corrected chi connectivity index (χ2v) is 11.4. The van der Waals surface area contributed by atoms with Crippen LogP contribution in [0.3, 0.4) is 0 Å². The molecular formula is C16H35NO7PSSi+. The van der Waals surface area contributed by atoms with Gasteiger partial charge in [-0.25, -0.2) is 4.57 Å². The Hall–Kier alpha value is 0.0669. The number of hydrogen-bond donors (Lipinski definition) is 1. The Morgan fingerprint density at radius 3 is 2.41 bits per heavy atom. The first kappa shape index (κ1) is 27.1. The number of hydrogen-bond acceptors (Lipinski definition) is 7. The Morgan fingerprint density at radius 1 is 1.19 bits per heavy atom. The van der Waals surface area contributed by atoms with Crippen LogP contribution in [0, 0.1) is 5.41 Å². The van der Waals surface area contributed by atoms with Gasteiger partial charge < -0.3 is 18.5 Å². The van der Waals surface area contributed by atoms with Gasteiger partial charge in [0.1, 0.15) is 19.8 Å². The van der Waals surface area contributed by atoms with Crippen molar-refractivity contribution in [1.29, 1.82) is 0 Å². The molecule has 0 fully saturated rings. The van der Waals surface area contributed by atoms with E-state index in [1.54, 1.807) is 18.9 Å². The fourth-order valence-corrected chi connectivity index (χ4v) is 4.28. The molecule has 0 aliphatic carbocycles. The number of esters is 1. The molecule has 0 aliphatic rings. The zero-order valence-electron chi connectivity index (χ0n) is 17.4. The third kappa shape index (κ3) is 15.6. The molecule has 160 valence electrons. The monoisotopic (exact) mass is 444 g/mol. The van der Waals surface area contributed by atoms with E-state index in [0.717, 1.165) is 18.2 Å². The van der Waals surface area contributed by atoms with Crippen molar-refractivity contribution in [1.82, 2.24) is 0 Å². The van der Waals surface area contributed by atoms with Crippen LogP contribution in [0.25, 0.3) is 0 Å². The molecule has 0 aromatic rings. The summed E-state index contributed by atoms with van der Waals surface area (Å²) in [7, 11) is 3.95. The highest BCUT2D eigenvalue weighted by Gasteiger charge is 2.29. The van der Waals surface area contributed by atoms with Gasteiger partial charge in [0.2, 0.25) is 9.76 Å². The second kappa shape index (κ2) is 13.3. The van der Waals surface area contributed by atoms with Crippen LogP contribution >= 0.6 is 19.6 Å². The average Bonchev–Trinajstić information content (AvgIpc) is 2.53. The van der Waals surface area contributed by atoms with Crippen molar-refractivity contribution in [3.05, 3.63) is 0 Å². The van der Waals surface area contributed by atoms with E-state index in [1.165, 1.54) is 0 Å². The predicted molar refractivity (Wildman–Crippen MR) is 109 cm³/mol. The summed E-state index contributed by atoms with van der Waals surface area (Å²) in [5.41, 5.74) is -0.627. The van der Waals surface area contributed by atoms with E-state index in [9.17, 15) is 14.3 Å². The van der Waals surface area contributed by atoms with Crippen molar-refractivity contribution in [2.24, 2.45) is 5.41 Å². The summed E-state index contributed by atoms with van der Waals surface area (Å²) in [4.78, 5) is 21.8. The molecule has 8 nitrogen and oxygen atoms in total. The third-order valence-corrected chi connectivity index (χ3v) is 6.68. The molecule has 0 aromatic carbocycles. The number of carbonyl (C=O) groups is 1. The van der Waals surface area contributed by atoms with Crippen molar-refractivity contribution in [3.8, 4) is 0 Å². The first-order valence-electron chi connectivity index (χ1n) is 8.83. The van der Waals surface area contributed by atoms with Crippen molar-refractivity contribution in [2.45, 2.75) is 26.3 Å². The van der Waals surface area contributed by atoms with Gasteiger partial charge in [0.25, 0.3) is 0 Å². The van der Waals surface area contributed by atoms with Crippen LogP contribution in [-0.4, -0.2) is 91.2 Å². The number of ether oxygens (including phenoxy) is 1.